The summed E-state index contributed by atoms with van der Waals surface area (Å²) in [7, 11) is 0. The van der Waals surface area contributed by atoms with Crippen molar-refractivity contribution in [2.24, 2.45) is 11.8 Å². The van der Waals surface area contributed by atoms with Gasteiger partial charge in [-0.2, -0.15) is 0 Å². The van der Waals surface area contributed by atoms with E-state index in [2.05, 4.69) is 6.92 Å². The molecule has 1 aliphatic carbocycles. The molecule has 3 atom stereocenters. The van der Waals surface area contributed by atoms with Crippen LogP contribution in [0.25, 0.3) is 0 Å². The van der Waals surface area contributed by atoms with Crippen LogP contribution in [-0.2, 0) is 6.42 Å². The molecule has 1 aromatic carbocycles. The van der Waals surface area contributed by atoms with Crippen LogP contribution in [0, 0.1) is 17.7 Å². The zero-order valence-corrected chi connectivity index (χ0v) is 10.0. The number of aliphatic hydroxyl groups is 1. The quantitative estimate of drug-likeness (QED) is 0.843. The Hall–Kier alpha value is -0.600. The Labute approximate surface area is 100 Å². The van der Waals surface area contributed by atoms with Gasteiger partial charge in [0.2, 0.25) is 0 Å². The standard InChI is InChI=1S/C13H16ClFO/c1-8-10(3-5-13(8)16)6-9-2-4-11(14)12(15)7-9/h2,4,7-8,10,13,16H,3,5-6H2,1H3. The van der Waals surface area contributed by atoms with Crippen LogP contribution in [0.2, 0.25) is 5.02 Å². The van der Waals surface area contributed by atoms with Gasteiger partial charge in [-0.05, 0) is 48.8 Å². The zero-order valence-electron chi connectivity index (χ0n) is 9.29. The molecule has 1 aromatic rings. The van der Waals surface area contributed by atoms with E-state index in [0.717, 1.165) is 24.8 Å². The highest BCUT2D eigenvalue weighted by Gasteiger charge is 2.31. The molecule has 0 aliphatic heterocycles. The summed E-state index contributed by atoms with van der Waals surface area (Å²) in [6, 6.07) is 4.96. The van der Waals surface area contributed by atoms with E-state index < -0.39 is 0 Å². The largest absolute Gasteiger partial charge is 0.393 e. The molecule has 16 heavy (non-hydrogen) atoms. The van der Waals surface area contributed by atoms with E-state index in [1.54, 1.807) is 6.07 Å². The first-order valence-corrected chi connectivity index (χ1v) is 6.07. The maximum Gasteiger partial charge on any atom is 0.142 e. The molecule has 0 spiro atoms. The third-order valence-corrected chi connectivity index (χ3v) is 3.97. The third kappa shape index (κ3) is 2.38. The average molecular weight is 243 g/mol. The molecule has 0 heterocycles. The zero-order chi connectivity index (χ0) is 11.7. The summed E-state index contributed by atoms with van der Waals surface area (Å²) < 4.78 is 13.2. The van der Waals surface area contributed by atoms with Crippen molar-refractivity contribution in [2.45, 2.75) is 32.3 Å². The lowest BCUT2D eigenvalue weighted by Crippen LogP contribution is -2.16. The number of aliphatic hydroxyl groups excluding tert-OH is 1. The first-order valence-electron chi connectivity index (χ1n) is 5.70. The van der Waals surface area contributed by atoms with Crippen molar-refractivity contribution < 1.29 is 9.50 Å². The van der Waals surface area contributed by atoms with Gasteiger partial charge in [0, 0.05) is 0 Å². The van der Waals surface area contributed by atoms with E-state index in [4.69, 9.17) is 11.6 Å². The van der Waals surface area contributed by atoms with Gasteiger partial charge in [0.05, 0.1) is 11.1 Å². The van der Waals surface area contributed by atoms with Gasteiger partial charge in [0.25, 0.3) is 0 Å². The van der Waals surface area contributed by atoms with Crippen molar-refractivity contribution in [1.82, 2.24) is 0 Å². The molecule has 1 N–H and O–H groups in total. The highest BCUT2D eigenvalue weighted by atomic mass is 35.5. The minimum atomic E-state index is -0.356. The number of hydrogen-bond donors (Lipinski definition) is 1. The molecule has 0 bridgehead atoms. The van der Waals surface area contributed by atoms with E-state index in [1.807, 2.05) is 6.07 Å². The van der Waals surface area contributed by atoms with E-state index >= 15 is 0 Å². The topological polar surface area (TPSA) is 20.2 Å². The number of hydrogen-bond acceptors (Lipinski definition) is 1. The summed E-state index contributed by atoms with van der Waals surface area (Å²) in [4.78, 5) is 0. The Balaban J connectivity index is 2.07. The van der Waals surface area contributed by atoms with Gasteiger partial charge in [-0.25, -0.2) is 4.39 Å². The summed E-state index contributed by atoms with van der Waals surface area (Å²) in [5.74, 6) is 0.402. The molecular formula is C13H16ClFO. The molecule has 1 nitrogen and oxygen atoms in total. The minimum absolute atomic E-state index is 0.170. The second-order valence-corrected chi connectivity index (χ2v) is 5.12. The maximum atomic E-state index is 13.2. The molecule has 1 fully saturated rings. The van der Waals surface area contributed by atoms with E-state index in [1.165, 1.54) is 6.07 Å². The van der Waals surface area contributed by atoms with Crippen LogP contribution < -0.4 is 0 Å². The van der Waals surface area contributed by atoms with E-state index in [9.17, 15) is 9.50 Å². The fraction of sp³-hybridized carbons (Fsp3) is 0.538. The van der Waals surface area contributed by atoms with Crippen molar-refractivity contribution in [3.63, 3.8) is 0 Å². The van der Waals surface area contributed by atoms with Crippen molar-refractivity contribution in [2.75, 3.05) is 0 Å². The first-order chi connectivity index (χ1) is 7.58. The predicted octanol–water partition coefficient (Wildman–Crippen LogP) is 3.43. The van der Waals surface area contributed by atoms with Crippen LogP contribution in [0.15, 0.2) is 18.2 Å². The van der Waals surface area contributed by atoms with Gasteiger partial charge in [0.1, 0.15) is 5.82 Å². The first kappa shape index (κ1) is 11.9. The maximum absolute atomic E-state index is 13.2. The smallest absolute Gasteiger partial charge is 0.142 e. The van der Waals surface area contributed by atoms with E-state index in [0.29, 0.717) is 11.8 Å². The van der Waals surface area contributed by atoms with Crippen molar-refractivity contribution in [3.05, 3.63) is 34.6 Å². The normalized spacial score (nSPS) is 29.6. The number of rotatable bonds is 2. The van der Waals surface area contributed by atoms with Crippen LogP contribution in [0.4, 0.5) is 4.39 Å². The molecule has 1 saturated carbocycles. The Morgan fingerprint density at radius 3 is 2.75 bits per heavy atom. The van der Waals surface area contributed by atoms with Gasteiger partial charge in [0.15, 0.2) is 0 Å². The number of halogens is 2. The average Bonchev–Trinajstić information content (AvgIpc) is 2.55. The summed E-state index contributed by atoms with van der Waals surface area (Å²) in [5.41, 5.74) is 0.966. The highest BCUT2D eigenvalue weighted by molar-refractivity contribution is 6.30. The highest BCUT2D eigenvalue weighted by Crippen LogP contribution is 2.34. The lowest BCUT2D eigenvalue weighted by molar-refractivity contribution is 0.127. The summed E-state index contributed by atoms with van der Waals surface area (Å²) in [6.07, 6.45) is 2.52. The second-order valence-electron chi connectivity index (χ2n) is 4.72. The second kappa shape index (κ2) is 4.72. The van der Waals surface area contributed by atoms with Crippen LogP contribution in [0.1, 0.15) is 25.3 Å². The third-order valence-electron chi connectivity index (χ3n) is 3.67. The molecule has 3 heteroatoms. The van der Waals surface area contributed by atoms with Crippen LogP contribution in [-0.4, -0.2) is 11.2 Å². The number of benzene rings is 1. The molecule has 0 saturated heterocycles. The van der Waals surface area contributed by atoms with Gasteiger partial charge in [-0.3, -0.25) is 0 Å². The molecular weight excluding hydrogens is 227 g/mol. The lowest BCUT2D eigenvalue weighted by atomic mass is 9.90. The molecule has 2 rings (SSSR count). The fourth-order valence-electron chi connectivity index (χ4n) is 2.48. The Morgan fingerprint density at radius 1 is 1.44 bits per heavy atom. The SMILES string of the molecule is CC1C(O)CCC1Cc1ccc(Cl)c(F)c1. The molecule has 0 amide bonds. The summed E-state index contributed by atoms with van der Waals surface area (Å²) in [5, 5.41) is 9.82. The lowest BCUT2D eigenvalue weighted by Gasteiger charge is -2.17. The van der Waals surface area contributed by atoms with Crippen molar-refractivity contribution in [1.29, 1.82) is 0 Å². The van der Waals surface area contributed by atoms with Gasteiger partial charge < -0.3 is 5.11 Å². The molecule has 88 valence electrons. The van der Waals surface area contributed by atoms with Gasteiger partial charge in [-0.15, -0.1) is 0 Å². The molecule has 3 unspecified atom stereocenters. The van der Waals surface area contributed by atoms with Crippen molar-refractivity contribution in [3.8, 4) is 0 Å². The van der Waals surface area contributed by atoms with Crippen LogP contribution >= 0.6 is 11.6 Å². The molecule has 1 aliphatic rings. The monoisotopic (exact) mass is 242 g/mol. The van der Waals surface area contributed by atoms with Gasteiger partial charge in [-0.1, -0.05) is 24.6 Å². The summed E-state index contributed by atoms with van der Waals surface area (Å²) >= 11 is 5.63. The minimum Gasteiger partial charge on any atom is -0.393 e. The summed E-state index contributed by atoms with van der Waals surface area (Å²) in [6.45, 7) is 2.06. The van der Waals surface area contributed by atoms with Crippen LogP contribution in [0.5, 0.6) is 0 Å². The van der Waals surface area contributed by atoms with Crippen LogP contribution in [0.3, 0.4) is 0 Å². The Kier molecular flexibility index (Phi) is 3.50. The molecule has 0 aromatic heterocycles. The fourth-order valence-corrected chi connectivity index (χ4v) is 2.60. The predicted molar refractivity (Wildman–Crippen MR) is 63.0 cm³/mol. The van der Waals surface area contributed by atoms with Crippen molar-refractivity contribution >= 4 is 11.6 Å². The Bertz CT molecular complexity index is 380. The molecule has 0 radical (unpaired) electrons. The Morgan fingerprint density at radius 2 is 2.19 bits per heavy atom. The van der Waals surface area contributed by atoms with Gasteiger partial charge >= 0.3 is 0 Å². The van der Waals surface area contributed by atoms with E-state index in [-0.39, 0.29) is 16.9 Å².